The van der Waals surface area contributed by atoms with Crippen LogP contribution in [0.15, 0.2) is 52.4 Å². The molecule has 0 aliphatic rings. The summed E-state index contributed by atoms with van der Waals surface area (Å²) in [7, 11) is 0. The molecular formula is C24H22N6OS2. The maximum Gasteiger partial charge on any atom is 0.260 e. The average molecular weight is 475 g/mol. The molecule has 0 spiro atoms. The molecular weight excluding hydrogens is 452 g/mol. The van der Waals surface area contributed by atoms with E-state index in [0.29, 0.717) is 22.1 Å². The summed E-state index contributed by atoms with van der Waals surface area (Å²) >= 11 is 2.98. The van der Waals surface area contributed by atoms with Crippen molar-refractivity contribution in [3.63, 3.8) is 0 Å². The minimum absolute atomic E-state index is 0.121. The van der Waals surface area contributed by atoms with Crippen molar-refractivity contribution in [3.8, 4) is 16.8 Å². The highest BCUT2D eigenvalue weighted by Crippen LogP contribution is 2.36. The number of hydrogen-bond acceptors (Lipinski definition) is 7. The van der Waals surface area contributed by atoms with E-state index in [2.05, 4.69) is 77.7 Å². The molecule has 0 saturated carbocycles. The van der Waals surface area contributed by atoms with Crippen molar-refractivity contribution in [1.82, 2.24) is 30.2 Å². The molecule has 166 valence electrons. The molecule has 9 heteroatoms. The van der Waals surface area contributed by atoms with Gasteiger partial charge in [-0.05, 0) is 66.9 Å². The first-order valence-electron chi connectivity index (χ1n) is 10.5. The van der Waals surface area contributed by atoms with Gasteiger partial charge in [0.1, 0.15) is 10.7 Å². The van der Waals surface area contributed by atoms with Crippen molar-refractivity contribution >= 4 is 33.3 Å². The molecule has 7 nitrogen and oxygen atoms in total. The van der Waals surface area contributed by atoms with Crippen LogP contribution in [-0.4, -0.2) is 30.2 Å². The highest BCUT2D eigenvalue weighted by molar-refractivity contribution is 7.98. The summed E-state index contributed by atoms with van der Waals surface area (Å²) in [5.74, 6) is 1.05. The molecule has 0 atom stereocenters. The van der Waals surface area contributed by atoms with E-state index in [1.807, 2.05) is 13.0 Å². The molecule has 5 aromatic rings. The van der Waals surface area contributed by atoms with Crippen LogP contribution in [0.2, 0.25) is 0 Å². The standard InChI is InChI=1S/C24H22N6OS2/c1-13-5-8-17(9-6-13)20-16(4)33-23-21(20)22(31)25-19(26-23)12-32-24-27-28-29-30(24)18-10-7-14(2)15(3)11-18/h5-11H,12H2,1-4H3,(H,25,26,31). The molecule has 0 unspecified atom stereocenters. The maximum atomic E-state index is 13.0. The summed E-state index contributed by atoms with van der Waals surface area (Å²) in [5, 5.41) is 13.4. The second kappa shape index (κ2) is 8.57. The van der Waals surface area contributed by atoms with Gasteiger partial charge in [0, 0.05) is 10.4 Å². The van der Waals surface area contributed by atoms with Crippen LogP contribution >= 0.6 is 23.1 Å². The summed E-state index contributed by atoms with van der Waals surface area (Å²) < 4.78 is 1.71. The predicted molar refractivity (Wildman–Crippen MR) is 133 cm³/mol. The van der Waals surface area contributed by atoms with Crippen molar-refractivity contribution in [2.24, 2.45) is 0 Å². The van der Waals surface area contributed by atoms with E-state index in [9.17, 15) is 4.79 Å². The molecule has 0 fully saturated rings. The lowest BCUT2D eigenvalue weighted by atomic mass is 10.0. The van der Waals surface area contributed by atoms with Gasteiger partial charge in [0.15, 0.2) is 0 Å². The first-order valence-corrected chi connectivity index (χ1v) is 12.3. The van der Waals surface area contributed by atoms with Crippen molar-refractivity contribution < 1.29 is 0 Å². The Morgan fingerprint density at radius 1 is 1.03 bits per heavy atom. The Morgan fingerprint density at radius 2 is 1.82 bits per heavy atom. The van der Waals surface area contributed by atoms with Gasteiger partial charge in [-0.25, -0.2) is 4.98 Å². The number of thioether (sulfide) groups is 1. The van der Waals surface area contributed by atoms with Gasteiger partial charge in [0.25, 0.3) is 5.56 Å². The molecule has 2 aromatic carbocycles. The van der Waals surface area contributed by atoms with Gasteiger partial charge >= 0.3 is 0 Å². The van der Waals surface area contributed by atoms with Gasteiger partial charge in [-0.2, -0.15) is 4.68 Å². The van der Waals surface area contributed by atoms with Crippen molar-refractivity contribution in [2.45, 2.75) is 38.6 Å². The Hall–Kier alpha value is -3.30. The number of aromatic amines is 1. The Morgan fingerprint density at radius 3 is 2.58 bits per heavy atom. The van der Waals surface area contributed by atoms with Crippen LogP contribution < -0.4 is 5.56 Å². The molecule has 3 heterocycles. The lowest BCUT2D eigenvalue weighted by molar-refractivity contribution is 0.755. The highest BCUT2D eigenvalue weighted by atomic mass is 32.2. The van der Waals surface area contributed by atoms with Gasteiger partial charge in [0.2, 0.25) is 5.16 Å². The van der Waals surface area contributed by atoms with Crippen molar-refractivity contribution in [1.29, 1.82) is 0 Å². The SMILES string of the molecule is Cc1ccc(-c2c(C)sc3nc(CSc4nnnn4-c4ccc(C)c(C)c4)[nH]c(=O)c23)cc1. The fourth-order valence-electron chi connectivity index (χ4n) is 3.72. The lowest BCUT2D eigenvalue weighted by Crippen LogP contribution is -2.11. The zero-order valence-corrected chi connectivity index (χ0v) is 20.3. The Kier molecular flexibility index (Phi) is 5.59. The summed E-state index contributed by atoms with van der Waals surface area (Å²) in [6.45, 7) is 8.22. The summed E-state index contributed by atoms with van der Waals surface area (Å²) in [6.07, 6.45) is 0. The third-order valence-electron chi connectivity index (χ3n) is 5.64. The molecule has 0 aliphatic carbocycles. The molecule has 33 heavy (non-hydrogen) atoms. The number of tetrazole rings is 1. The van der Waals surface area contributed by atoms with E-state index in [0.717, 1.165) is 26.5 Å². The van der Waals surface area contributed by atoms with Crippen molar-refractivity contribution in [3.05, 3.63) is 80.2 Å². The number of rotatable bonds is 5. The number of fused-ring (bicyclic) bond motifs is 1. The predicted octanol–water partition coefficient (Wildman–Crippen LogP) is 5.15. The van der Waals surface area contributed by atoms with Gasteiger partial charge < -0.3 is 4.98 Å². The smallest absolute Gasteiger partial charge is 0.260 e. The fraction of sp³-hybridized carbons (Fsp3) is 0.208. The zero-order valence-electron chi connectivity index (χ0n) is 18.7. The first kappa shape index (κ1) is 21.5. The maximum absolute atomic E-state index is 13.0. The number of aryl methyl sites for hydroxylation is 4. The minimum Gasteiger partial charge on any atom is -0.309 e. The van der Waals surface area contributed by atoms with Gasteiger partial charge in [-0.1, -0.05) is 47.7 Å². The van der Waals surface area contributed by atoms with Crippen LogP contribution in [0, 0.1) is 27.7 Å². The number of hydrogen-bond donors (Lipinski definition) is 1. The Bertz CT molecular complexity index is 1530. The van der Waals surface area contributed by atoms with Gasteiger partial charge in [-0.15, -0.1) is 16.4 Å². The third-order valence-corrected chi connectivity index (χ3v) is 7.57. The molecule has 0 radical (unpaired) electrons. The minimum atomic E-state index is -0.121. The number of thiophene rings is 1. The van der Waals surface area contributed by atoms with E-state index in [1.165, 1.54) is 28.5 Å². The Labute approximate surface area is 198 Å². The van der Waals surface area contributed by atoms with Crippen LogP contribution in [0.1, 0.15) is 27.4 Å². The van der Waals surface area contributed by atoms with Gasteiger partial charge in [-0.3, -0.25) is 4.79 Å². The monoisotopic (exact) mass is 474 g/mol. The van der Waals surface area contributed by atoms with Crippen LogP contribution in [0.3, 0.4) is 0 Å². The second-order valence-corrected chi connectivity index (χ2v) is 10.2. The number of nitrogens with zero attached hydrogens (tertiary/aromatic N) is 5. The van der Waals surface area contributed by atoms with Crippen molar-refractivity contribution in [2.75, 3.05) is 0 Å². The summed E-state index contributed by atoms with van der Waals surface area (Å²) in [5.41, 5.74) is 6.35. The number of aromatic nitrogens is 6. The second-order valence-electron chi connectivity index (χ2n) is 8.02. The normalized spacial score (nSPS) is 11.4. The largest absolute Gasteiger partial charge is 0.309 e. The molecule has 0 saturated heterocycles. The van der Waals surface area contributed by atoms with E-state index in [-0.39, 0.29) is 5.56 Å². The van der Waals surface area contributed by atoms with Crippen LogP contribution in [-0.2, 0) is 5.75 Å². The number of H-pyrrole nitrogens is 1. The van der Waals surface area contributed by atoms with Crippen LogP contribution in [0.25, 0.3) is 27.0 Å². The van der Waals surface area contributed by atoms with E-state index >= 15 is 0 Å². The van der Waals surface area contributed by atoms with E-state index < -0.39 is 0 Å². The van der Waals surface area contributed by atoms with Crippen LogP contribution in [0.4, 0.5) is 0 Å². The van der Waals surface area contributed by atoms with Crippen LogP contribution in [0.5, 0.6) is 0 Å². The molecule has 0 bridgehead atoms. The van der Waals surface area contributed by atoms with E-state index in [4.69, 9.17) is 4.98 Å². The molecule has 1 N–H and O–H groups in total. The van der Waals surface area contributed by atoms with E-state index in [1.54, 1.807) is 16.0 Å². The summed E-state index contributed by atoms with van der Waals surface area (Å²) in [6, 6.07) is 14.3. The molecule has 0 amide bonds. The highest BCUT2D eigenvalue weighted by Gasteiger charge is 2.17. The molecule has 0 aliphatic heterocycles. The third kappa shape index (κ3) is 4.09. The lowest BCUT2D eigenvalue weighted by Gasteiger charge is -2.07. The van der Waals surface area contributed by atoms with Gasteiger partial charge in [0.05, 0.1) is 16.8 Å². The first-order chi connectivity index (χ1) is 15.9. The average Bonchev–Trinajstić information content (AvgIpc) is 3.39. The summed E-state index contributed by atoms with van der Waals surface area (Å²) in [4.78, 5) is 22.6. The fourth-order valence-corrected chi connectivity index (χ4v) is 5.55. The Balaban J connectivity index is 1.45. The molecule has 3 aromatic heterocycles. The molecule has 5 rings (SSSR count). The topological polar surface area (TPSA) is 89.3 Å². The quantitative estimate of drug-likeness (QED) is 0.354. The number of nitrogens with one attached hydrogen (secondary N) is 1. The number of benzene rings is 2. The zero-order chi connectivity index (χ0) is 23.1.